The predicted molar refractivity (Wildman–Crippen MR) is 83.1 cm³/mol. The summed E-state index contributed by atoms with van der Waals surface area (Å²) in [6.45, 7) is 1.55. The Labute approximate surface area is 121 Å². The van der Waals surface area contributed by atoms with E-state index in [4.69, 9.17) is 5.11 Å². The number of aromatic carboxylic acids is 1. The summed E-state index contributed by atoms with van der Waals surface area (Å²) >= 11 is 1.27. The van der Waals surface area contributed by atoms with Crippen molar-refractivity contribution in [1.29, 1.82) is 0 Å². The molecule has 2 rings (SSSR count). The van der Waals surface area contributed by atoms with Gasteiger partial charge in [0.1, 0.15) is 0 Å². The number of carboxylic acid groups (broad SMARTS) is 1. The molecule has 0 aromatic heterocycles. The van der Waals surface area contributed by atoms with Crippen molar-refractivity contribution in [3.8, 4) is 0 Å². The van der Waals surface area contributed by atoms with Crippen LogP contribution in [0.2, 0.25) is 0 Å². The fourth-order valence-electron chi connectivity index (χ4n) is 1.85. The van der Waals surface area contributed by atoms with Crippen LogP contribution in [-0.2, 0) is 4.79 Å². The monoisotopic (exact) mass is 286 g/mol. The van der Waals surface area contributed by atoms with Gasteiger partial charge in [-0.2, -0.15) is 0 Å². The number of hydrogen-bond acceptors (Lipinski definition) is 3. The van der Waals surface area contributed by atoms with Gasteiger partial charge in [0, 0.05) is 12.7 Å². The topological polar surface area (TPSA) is 54.4 Å². The van der Waals surface area contributed by atoms with E-state index in [0.29, 0.717) is 11.3 Å². The second-order valence-electron chi connectivity index (χ2n) is 4.33. The van der Waals surface area contributed by atoms with Gasteiger partial charge < -0.3 is 5.11 Å². The summed E-state index contributed by atoms with van der Waals surface area (Å²) < 4.78 is 0. The molecule has 4 heteroatoms. The first-order chi connectivity index (χ1) is 9.56. The fourth-order valence-corrected chi connectivity index (χ4v) is 2.28. The molecule has 0 spiro atoms. The van der Waals surface area contributed by atoms with Crippen LogP contribution >= 0.6 is 11.8 Å². The molecule has 0 bridgehead atoms. The van der Waals surface area contributed by atoms with E-state index in [0.717, 1.165) is 16.3 Å². The lowest BCUT2D eigenvalue weighted by atomic mass is 10.0. The first-order valence-corrected chi connectivity index (χ1v) is 7.12. The van der Waals surface area contributed by atoms with Crippen LogP contribution in [0.25, 0.3) is 16.8 Å². The molecule has 0 unspecified atom stereocenters. The summed E-state index contributed by atoms with van der Waals surface area (Å²) in [4.78, 5) is 21.7. The summed E-state index contributed by atoms with van der Waals surface area (Å²) in [6, 6.07) is 10.9. The van der Waals surface area contributed by atoms with Crippen LogP contribution in [0.4, 0.5) is 0 Å². The Kier molecular flexibility index (Phi) is 4.58. The van der Waals surface area contributed by atoms with Gasteiger partial charge in [-0.15, -0.1) is 0 Å². The molecule has 0 aliphatic heterocycles. The number of fused-ring (bicyclic) bond motifs is 1. The summed E-state index contributed by atoms with van der Waals surface area (Å²) in [5, 5.41) is 11.0. The molecule has 102 valence electrons. The van der Waals surface area contributed by atoms with Gasteiger partial charge in [-0.25, -0.2) is 4.79 Å². The molecule has 2 aromatic rings. The molecule has 0 radical (unpaired) electrons. The van der Waals surface area contributed by atoms with Crippen molar-refractivity contribution >= 4 is 39.7 Å². The van der Waals surface area contributed by atoms with E-state index < -0.39 is 5.97 Å². The van der Waals surface area contributed by atoms with E-state index >= 15 is 0 Å². The van der Waals surface area contributed by atoms with Gasteiger partial charge in [-0.3, -0.25) is 4.79 Å². The molecule has 3 nitrogen and oxygen atoms in total. The molecule has 20 heavy (non-hydrogen) atoms. The van der Waals surface area contributed by atoms with Crippen LogP contribution < -0.4 is 0 Å². The quantitative estimate of drug-likeness (QED) is 0.928. The van der Waals surface area contributed by atoms with Gasteiger partial charge in [0.05, 0.1) is 5.56 Å². The lowest BCUT2D eigenvalue weighted by molar-refractivity contribution is -0.109. The minimum Gasteiger partial charge on any atom is -0.478 e. The number of carboxylic acids is 1. The maximum atomic E-state index is 10.9. The lowest BCUT2D eigenvalue weighted by Gasteiger charge is -2.01. The Balaban J connectivity index is 2.19. The molecule has 0 aliphatic carbocycles. The highest BCUT2D eigenvalue weighted by atomic mass is 32.2. The average Bonchev–Trinajstić information content (AvgIpc) is 2.42. The van der Waals surface area contributed by atoms with Gasteiger partial charge in [0.25, 0.3) is 0 Å². The molecule has 1 N–H and O–H groups in total. The van der Waals surface area contributed by atoms with Crippen molar-refractivity contribution in [3.05, 3.63) is 53.6 Å². The van der Waals surface area contributed by atoms with Gasteiger partial charge in [-0.1, -0.05) is 42.1 Å². The van der Waals surface area contributed by atoms with Crippen molar-refractivity contribution in [2.24, 2.45) is 0 Å². The third kappa shape index (κ3) is 3.71. The molecule has 0 atom stereocenters. The first kappa shape index (κ1) is 14.3. The van der Waals surface area contributed by atoms with E-state index in [1.807, 2.05) is 30.4 Å². The van der Waals surface area contributed by atoms with E-state index in [2.05, 4.69) is 0 Å². The molecule has 0 saturated carbocycles. The second-order valence-corrected chi connectivity index (χ2v) is 5.53. The molecule has 0 aliphatic rings. The third-order valence-electron chi connectivity index (χ3n) is 2.80. The Morgan fingerprint density at radius 1 is 1.15 bits per heavy atom. The van der Waals surface area contributed by atoms with E-state index in [1.165, 1.54) is 11.8 Å². The number of hydrogen-bond donors (Lipinski definition) is 1. The van der Waals surface area contributed by atoms with Crippen LogP contribution in [0.15, 0.2) is 42.5 Å². The highest BCUT2D eigenvalue weighted by Gasteiger charge is 2.03. The zero-order valence-electron chi connectivity index (χ0n) is 11.0. The Hall–Kier alpha value is -2.07. The summed E-state index contributed by atoms with van der Waals surface area (Å²) in [5.74, 6) is -0.261. The first-order valence-electron chi connectivity index (χ1n) is 6.13. The van der Waals surface area contributed by atoms with Crippen molar-refractivity contribution < 1.29 is 14.7 Å². The van der Waals surface area contributed by atoms with Gasteiger partial charge in [0.15, 0.2) is 5.12 Å². The summed E-state index contributed by atoms with van der Waals surface area (Å²) in [5.41, 5.74) is 1.32. The maximum Gasteiger partial charge on any atom is 0.335 e. The molecular weight excluding hydrogens is 272 g/mol. The third-order valence-corrected chi connectivity index (χ3v) is 3.57. The van der Waals surface area contributed by atoms with Crippen molar-refractivity contribution in [1.82, 2.24) is 0 Å². The Morgan fingerprint density at radius 2 is 1.85 bits per heavy atom. The maximum absolute atomic E-state index is 10.9. The Morgan fingerprint density at radius 3 is 2.55 bits per heavy atom. The fraction of sp³-hybridized carbons (Fsp3) is 0.125. The van der Waals surface area contributed by atoms with Crippen LogP contribution in [0.3, 0.4) is 0 Å². The lowest BCUT2D eigenvalue weighted by Crippen LogP contribution is -1.95. The number of carbonyl (C=O) groups is 2. The number of rotatable bonds is 4. The molecule has 0 heterocycles. The summed E-state index contributed by atoms with van der Waals surface area (Å²) in [6.07, 6.45) is 3.90. The van der Waals surface area contributed by atoms with Gasteiger partial charge in [0.2, 0.25) is 0 Å². The minimum atomic E-state index is -0.919. The van der Waals surface area contributed by atoms with E-state index in [-0.39, 0.29) is 5.12 Å². The highest BCUT2D eigenvalue weighted by molar-refractivity contribution is 8.13. The number of carbonyl (C=O) groups excluding carboxylic acids is 1. The highest BCUT2D eigenvalue weighted by Crippen LogP contribution is 2.19. The van der Waals surface area contributed by atoms with E-state index in [9.17, 15) is 9.59 Å². The average molecular weight is 286 g/mol. The molecule has 2 aromatic carbocycles. The van der Waals surface area contributed by atoms with Crippen molar-refractivity contribution in [2.75, 3.05) is 5.75 Å². The molecule has 0 saturated heterocycles. The zero-order valence-corrected chi connectivity index (χ0v) is 11.8. The van der Waals surface area contributed by atoms with Crippen LogP contribution in [0.1, 0.15) is 22.8 Å². The minimum absolute atomic E-state index is 0.106. The smallest absolute Gasteiger partial charge is 0.335 e. The largest absolute Gasteiger partial charge is 0.478 e. The van der Waals surface area contributed by atoms with Gasteiger partial charge in [-0.05, 0) is 34.5 Å². The van der Waals surface area contributed by atoms with E-state index in [1.54, 1.807) is 25.1 Å². The predicted octanol–water partition coefficient (Wildman–Crippen LogP) is 3.83. The summed E-state index contributed by atoms with van der Waals surface area (Å²) in [7, 11) is 0. The van der Waals surface area contributed by atoms with Crippen molar-refractivity contribution in [2.45, 2.75) is 6.92 Å². The molecular formula is C16H14O3S. The number of thioether (sulfide) groups is 1. The van der Waals surface area contributed by atoms with Crippen LogP contribution in [0, 0.1) is 0 Å². The van der Waals surface area contributed by atoms with Crippen molar-refractivity contribution in [3.63, 3.8) is 0 Å². The van der Waals surface area contributed by atoms with Crippen LogP contribution in [-0.4, -0.2) is 21.9 Å². The standard InChI is InChI=1S/C16H14O3S/c1-11(17)20-8-2-3-12-4-5-14-10-15(16(18)19)7-6-13(14)9-12/h2-7,9-10H,8H2,1H3,(H,18,19). The molecule has 0 amide bonds. The van der Waals surface area contributed by atoms with Gasteiger partial charge >= 0.3 is 5.97 Å². The zero-order chi connectivity index (χ0) is 14.5. The SMILES string of the molecule is CC(=O)SCC=Cc1ccc2cc(C(=O)O)ccc2c1. The normalized spacial score (nSPS) is 11.1. The Bertz CT molecular complexity index is 689. The second kappa shape index (κ2) is 6.39. The van der Waals surface area contributed by atoms with Crippen LogP contribution in [0.5, 0.6) is 0 Å². The molecule has 0 fully saturated rings. The number of benzene rings is 2.